The van der Waals surface area contributed by atoms with Crippen molar-refractivity contribution in [2.45, 2.75) is 26.5 Å². The van der Waals surface area contributed by atoms with Crippen LogP contribution in [0.2, 0.25) is 0 Å². The number of benzene rings is 1. The second-order valence-electron chi connectivity index (χ2n) is 4.66. The minimum atomic E-state index is -1.03. The van der Waals surface area contributed by atoms with Crippen molar-refractivity contribution in [2.75, 3.05) is 7.11 Å². The summed E-state index contributed by atoms with van der Waals surface area (Å²) in [6, 6.07) is 5.99. The summed E-state index contributed by atoms with van der Waals surface area (Å²) in [5, 5.41) is 11.5. The zero-order valence-corrected chi connectivity index (χ0v) is 11.3. The molecule has 1 atom stereocenters. The van der Waals surface area contributed by atoms with Gasteiger partial charge in [0.2, 0.25) is 0 Å². The SMILES string of the molecule is COCc1ccc(C(=O)NC(C(=O)O)C(C)C)cc1. The van der Waals surface area contributed by atoms with E-state index in [1.54, 1.807) is 45.2 Å². The Morgan fingerprint density at radius 3 is 2.26 bits per heavy atom. The summed E-state index contributed by atoms with van der Waals surface area (Å²) in [5.41, 5.74) is 1.39. The third-order valence-corrected chi connectivity index (χ3v) is 2.75. The van der Waals surface area contributed by atoms with Crippen LogP contribution in [0.3, 0.4) is 0 Å². The Hall–Kier alpha value is -1.88. The molecule has 104 valence electrons. The summed E-state index contributed by atoms with van der Waals surface area (Å²) >= 11 is 0. The van der Waals surface area contributed by atoms with Crippen LogP contribution in [0.4, 0.5) is 0 Å². The minimum Gasteiger partial charge on any atom is -0.480 e. The maximum absolute atomic E-state index is 11.9. The average Bonchev–Trinajstić information content (AvgIpc) is 2.36. The molecule has 0 fully saturated rings. The molecular formula is C14H19NO4. The molecule has 1 unspecified atom stereocenters. The van der Waals surface area contributed by atoms with Crippen LogP contribution in [0.5, 0.6) is 0 Å². The van der Waals surface area contributed by atoms with Crippen LogP contribution in [0.15, 0.2) is 24.3 Å². The van der Waals surface area contributed by atoms with Gasteiger partial charge in [0, 0.05) is 12.7 Å². The number of aliphatic carboxylic acids is 1. The van der Waals surface area contributed by atoms with E-state index in [1.807, 2.05) is 0 Å². The van der Waals surface area contributed by atoms with Gasteiger partial charge >= 0.3 is 5.97 Å². The fourth-order valence-electron chi connectivity index (χ4n) is 1.66. The highest BCUT2D eigenvalue weighted by Crippen LogP contribution is 2.08. The van der Waals surface area contributed by atoms with Gasteiger partial charge in [-0.25, -0.2) is 4.79 Å². The van der Waals surface area contributed by atoms with Gasteiger partial charge in [0.1, 0.15) is 6.04 Å². The van der Waals surface area contributed by atoms with E-state index in [1.165, 1.54) is 0 Å². The highest BCUT2D eigenvalue weighted by Gasteiger charge is 2.23. The number of hydrogen-bond donors (Lipinski definition) is 2. The zero-order valence-electron chi connectivity index (χ0n) is 11.3. The van der Waals surface area contributed by atoms with Crippen LogP contribution in [0.25, 0.3) is 0 Å². The third kappa shape index (κ3) is 4.37. The fourth-order valence-corrected chi connectivity index (χ4v) is 1.66. The van der Waals surface area contributed by atoms with Crippen molar-refractivity contribution >= 4 is 11.9 Å². The summed E-state index contributed by atoms with van der Waals surface area (Å²) in [6.45, 7) is 3.98. The highest BCUT2D eigenvalue weighted by atomic mass is 16.5. The first-order valence-corrected chi connectivity index (χ1v) is 6.07. The summed E-state index contributed by atoms with van der Waals surface area (Å²) in [6.07, 6.45) is 0. The van der Waals surface area contributed by atoms with Gasteiger partial charge in [0.05, 0.1) is 6.61 Å². The van der Waals surface area contributed by atoms with E-state index in [9.17, 15) is 9.59 Å². The summed E-state index contributed by atoms with van der Waals surface area (Å²) in [4.78, 5) is 22.9. The Morgan fingerprint density at radius 2 is 1.84 bits per heavy atom. The largest absolute Gasteiger partial charge is 0.480 e. The maximum atomic E-state index is 11.9. The van der Waals surface area contributed by atoms with E-state index in [0.29, 0.717) is 12.2 Å². The monoisotopic (exact) mass is 265 g/mol. The number of methoxy groups -OCH3 is 1. The zero-order chi connectivity index (χ0) is 14.4. The van der Waals surface area contributed by atoms with Gasteiger partial charge in [0.25, 0.3) is 5.91 Å². The quantitative estimate of drug-likeness (QED) is 0.820. The van der Waals surface area contributed by atoms with Crippen molar-refractivity contribution in [3.8, 4) is 0 Å². The smallest absolute Gasteiger partial charge is 0.326 e. The number of carbonyl (C=O) groups is 2. The molecule has 0 aliphatic carbocycles. The second-order valence-corrected chi connectivity index (χ2v) is 4.66. The first kappa shape index (κ1) is 15.2. The van der Waals surface area contributed by atoms with E-state index >= 15 is 0 Å². The molecule has 0 spiro atoms. The summed E-state index contributed by atoms with van der Waals surface area (Å²) in [5.74, 6) is -1.58. The van der Waals surface area contributed by atoms with E-state index in [4.69, 9.17) is 9.84 Å². The van der Waals surface area contributed by atoms with Gasteiger partial charge in [-0.3, -0.25) is 4.79 Å². The fraction of sp³-hybridized carbons (Fsp3) is 0.429. The summed E-state index contributed by atoms with van der Waals surface area (Å²) in [7, 11) is 1.60. The van der Waals surface area contributed by atoms with E-state index in [0.717, 1.165) is 5.56 Å². The molecule has 0 bridgehead atoms. The maximum Gasteiger partial charge on any atom is 0.326 e. The standard InChI is InChI=1S/C14H19NO4/c1-9(2)12(14(17)18)15-13(16)11-6-4-10(5-7-11)8-19-3/h4-7,9,12H,8H2,1-3H3,(H,15,16)(H,17,18). The summed E-state index contributed by atoms with van der Waals surface area (Å²) < 4.78 is 4.98. The van der Waals surface area contributed by atoms with Crippen molar-refractivity contribution in [1.82, 2.24) is 5.32 Å². The second kappa shape index (κ2) is 6.89. The highest BCUT2D eigenvalue weighted by molar-refractivity contribution is 5.96. The molecule has 1 aromatic rings. The van der Waals surface area contributed by atoms with Crippen molar-refractivity contribution in [2.24, 2.45) is 5.92 Å². The third-order valence-electron chi connectivity index (χ3n) is 2.75. The normalized spacial score (nSPS) is 12.2. The first-order chi connectivity index (χ1) is 8.95. The van der Waals surface area contributed by atoms with Crippen molar-refractivity contribution in [3.63, 3.8) is 0 Å². The molecule has 0 aliphatic heterocycles. The molecule has 1 aromatic carbocycles. The molecule has 0 aromatic heterocycles. The van der Waals surface area contributed by atoms with Crippen LogP contribution < -0.4 is 5.32 Å². The number of amides is 1. The predicted molar refractivity (Wildman–Crippen MR) is 70.9 cm³/mol. The van der Waals surface area contributed by atoms with E-state index in [2.05, 4.69) is 5.32 Å². The van der Waals surface area contributed by atoms with E-state index in [-0.39, 0.29) is 11.8 Å². The number of carboxylic acid groups (broad SMARTS) is 1. The number of nitrogens with one attached hydrogen (secondary N) is 1. The van der Waals surface area contributed by atoms with Crippen molar-refractivity contribution < 1.29 is 19.4 Å². The Morgan fingerprint density at radius 1 is 1.26 bits per heavy atom. The van der Waals surface area contributed by atoms with Crippen LogP contribution in [0.1, 0.15) is 29.8 Å². The van der Waals surface area contributed by atoms with Crippen LogP contribution in [-0.2, 0) is 16.1 Å². The first-order valence-electron chi connectivity index (χ1n) is 6.07. The molecular weight excluding hydrogens is 246 g/mol. The lowest BCUT2D eigenvalue weighted by Gasteiger charge is -2.17. The molecule has 5 nitrogen and oxygen atoms in total. The molecule has 5 heteroatoms. The van der Waals surface area contributed by atoms with Gasteiger partial charge in [-0.15, -0.1) is 0 Å². The molecule has 0 saturated carbocycles. The average molecular weight is 265 g/mol. The van der Waals surface area contributed by atoms with Gasteiger partial charge in [0.15, 0.2) is 0 Å². The molecule has 1 rings (SSSR count). The molecule has 1 amide bonds. The number of rotatable bonds is 6. The van der Waals surface area contributed by atoms with E-state index < -0.39 is 12.0 Å². The molecule has 0 heterocycles. The predicted octanol–water partition coefficient (Wildman–Crippen LogP) is 1.67. The Kier molecular flexibility index (Phi) is 5.51. The Balaban J connectivity index is 2.74. The van der Waals surface area contributed by atoms with Gasteiger partial charge in [-0.05, 0) is 23.6 Å². The molecule has 0 saturated heterocycles. The molecule has 2 N–H and O–H groups in total. The Labute approximate surface area is 112 Å². The lowest BCUT2D eigenvalue weighted by Crippen LogP contribution is -2.44. The lowest BCUT2D eigenvalue weighted by molar-refractivity contribution is -0.140. The Bertz CT molecular complexity index is 439. The van der Waals surface area contributed by atoms with Gasteiger partial charge in [-0.1, -0.05) is 26.0 Å². The van der Waals surface area contributed by atoms with Crippen LogP contribution in [-0.4, -0.2) is 30.1 Å². The number of carboxylic acids is 1. The molecule has 0 aliphatic rings. The topological polar surface area (TPSA) is 75.6 Å². The lowest BCUT2D eigenvalue weighted by atomic mass is 10.0. The van der Waals surface area contributed by atoms with Crippen LogP contribution >= 0.6 is 0 Å². The number of carbonyl (C=O) groups excluding carboxylic acids is 1. The van der Waals surface area contributed by atoms with Crippen molar-refractivity contribution in [1.29, 1.82) is 0 Å². The molecule has 0 radical (unpaired) electrons. The van der Waals surface area contributed by atoms with Crippen molar-refractivity contribution in [3.05, 3.63) is 35.4 Å². The number of hydrogen-bond acceptors (Lipinski definition) is 3. The van der Waals surface area contributed by atoms with Crippen LogP contribution in [0, 0.1) is 5.92 Å². The van der Waals surface area contributed by atoms with Gasteiger partial charge < -0.3 is 15.2 Å². The van der Waals surface area contributed by atoms with Gasteiger partial charge in [-0.2, -0.15) is 0 Å². The minimum absolute atomic E-state index is 0.172. The number of ether oxygens (including phenoxy) is 1. The molecule has 19 heavy (non-hydrogen) atoms.